The predicted octanol–water partition coefficient (Wildman–Crippen LogP) is 4.15. The Labute approximate surface area is 202 Å². The van der Waals surface area contributed by atoms with Crippen molar-refractivity contribution in [1.82, 2.24) is 19.8 Å². The zero-order valence-corrected chi connectivity index (χ0v) is 20.8. The van der Waals surface area contributed by atoms with Crippen molar-refractivity contribution in [3.8, 4) is 5.75 Å². The zero-order valence-electron chi connectivity index (χ0n) is 20.8. The first-order valence-corrected chi connectivity index (χ1v) is 12.3. The third-order valence-corrected chi connectivity index (χ3v) is 7.28. The molecule has 1 aliphatic heterocycles. The number of rotatable bonds is 5. The van der Waals surface area contributed by atoms with Gasteiger partial charge in [0.25, 0.3) is 11.8 Å². The maximum Gasteiger partial charge on any atom is 0.272 e. The van der Waals surface area contributed by atoms with Crippen molar-refractivity contribution in [2.45, 2.75) is 69.8 Å². The highest BCUT2D eigenvalue weighted by Crippen LogP contribution is 2.38. The highest BCUT2D eigenvalue weighted by atomic mass is 16.5. The number of piperidine rings is 1. The number of likely N-dealkylation sites (tertiary alicyclic amines) is 1. The smallest absolute Gasteiger partial charge is 0.272 e. The summed E-state index contributed by atoms with van der Waals surface area (Å²) in [5.74, 6) is 1.43. The Morgan fingerprint density at radius 3 is 2.24 bits per heavy atom. The number of hydrogen-bond donors (Lipinski definition) is 0. The molecular weight excluding hydrogens is 428 g/mol. The van der Waals surface area contributed by atoms with Crippen LogP contribution in [0.4, 0.5) is 0 Å². The second kappa shape index (κ2) is 9.72. The molecule has 0 atom stereocenters. The third-order valence-electron chi connectivity index (χ3n) is 7.28. The Bertz CT molecular complexity index is 1020. The number of hydrogen-bond acceptors (Lipinski definition) is 5. The van der Waals surface area contributed by atoms with Gasteiger partial charge in [0, 0.05) is 38.3 Å². The van der Waals surface area contributed by atoms with E-state index in [1.54, 1.807) is 20.2 Å². The van der Waals surface area contributed by atoms with Gasteiger partial charge in [-0.2, -0.15) is 0 Å². The lowest BCUT2D eigenvalue weighted by Crippen LogP contribution is -2.56. The van der Waals surface area contributed by atoms with Crippen molar-refractivity contribution < 1.29 is 14.3 Å². The Morgan fingerprint density at radius 1 is 0.971 bits per heavy atom. The van der Waals surface area contributed by atoms with E-state index in [4.69, 9.17) is 9.72 Å². The fraction of sp³-hybridized carbons (Fsp3) is 0.556. The Hall–Kier alpha value is -2.96. The number of aryl methyl sites for hydroxylation is 1. The second-order valence-electron chi connectivity index (χ2n) is 10.2. The molecule has 1 saturated carbocycles. The first kappa shape index (κ1) is 24.2. The van der Waals surface area contributed by atoms with Crippen LogP contribution in [0.3, 0.4) is 0 Å². The molecule has 2 amide bonds. The molecule has 2 aromatic rings. The van der Waals surface area contributed by atoms with Crippen molar-refractivity contribution in [3.05, 3.63) is 53.6 Å². The number of ether oxygens (including phenoxy) is 1. The molecule has 0 bridgehead atoms. The Morgan fingerprint density at radius 2 is 1.62 bits per heavy atom. The van der Waals surface area contributed by atoms with Gasteiger partial charge in [-0.3, -0.25) is 9.59 Å². The van der Waals surface area contributed by atoms with E-state index in [1.807, 2.05) is 42.2 Å². The average Bonchev–Trinajstić information content (AvgIpc) is 2.84. The predicted molar refractivity (Wildman–Crippen MR) is 131 cm³/mol. The van der Waals surface area contributed by atoms with E-state index in [2.05, 4.69) is 11.9 Å². The second-order valence-corrected chi connectivity index (χ2v) is 10.2. The van der Waals surface area contributed by atoms with Crippen LogP contribution in [-0.2, 0) is 10.2 Å². The van der Waals surface area contributed by atoms with Gasteiger partial charge >= 0.3 is 0 Å². The molecule has 4 rings (SSSR count). The summed E-state index contributed by atoms with van der Waals surface area (Å²) in [5, 5.41) is 0. The minimum Gasteiger partial charge on any atom is -0.477 e. The molecular formula is C27H36N4O3. The molecule has 2 aliphatic rings. The highest BCUT2D eigenvalue weighted by Gasteiger charge is 2.46. The molecule has 2 fully saturated rings. The van der Waals surface area contributed by atoms with Crippen LogP contribution < -0.4 is 4.74 Å². The van der Waals surface area contributed by atoms with Gasteiger partial charge in [-0.25, -0.2) is 9.97 Å². The lowest BCUT2D eigenvalue weighted by molar-refractivity contribution is -0.153. The summed E-state index contributed by atoms with van der Waals surface area (Å²) < 4.78 is 6.42. The summed E-state index contributed by atoms with van der Waals surface area (Å²) >= 11 is 0. The van der Waals surface area contributed by atoms with Crippen LogP contribution in [0.2, 0.25) is 0 Å². The lowest BCUT2D eigenvalue weighted by atomic mass is 9.78. The maximum atomic E-state index is 13.8. The first-order valence-electron chi connectivity index (χ1n) is 12.3. The number of aromatic nitrogens is 2. The largest absolute Gasteiger partial charge is 0.477 e. The van der Waals surface area contributed by atoms with Gasteiger partial charge in [-0.1, -0.05) is 31.5 Å². The summed E-state index contributed by atoms with van der Waals surface area (Å²) in [6, 6.07) is 11.4. The van der Waals surface area contributed by atoms with Crippen molar-refractivity contribution in [2.24, 2.45) is 0 Å². The SMILES string of the molecule is Cc1cc(C(=O)N(C)C)nc(C2(C)CCN(C(=O)C3(Oc4ccccc4)CCCCC3)CC2)n1. The first-order chi connectivity index (χ1) is 16.2. The monoisotopic (exact) mass is 464 g/mol. The van der Waals surface area contributed by atoms with Gasteiger partial charge in [0.05, 0.1) is 0 Å². The quantitative estimate of drug-likeness (QED) is 0.665. The van der Waals surface area contributed by atoms with Crippen LogP contribution >= 0.6 is 0 Å². The van der Waals surface area contributed by atoms with E-state index in [-0.39, 0.29) is 17.2 Å². The van der Waals surface area contributed by atoms with Crippen LogP contribution in [0.25, 0.3) is 0 Å². The third kappa shape index (κ3) is 4.93. The van der Waals surface area contributed by atoms with Crippen molar-refractivity contribution >= 4 is 11.8 Å². The minimum absolute atomic E-state index is 0.103. The van der Waals surface area contributed by atoms with Crippen LogP contribution in [0.15, 0.2) is 36.4 Å². The zero-order chi connectivity index (χ0) is 24.3. The molecule has 1 aliphatic carbocycles. The van der Waals surface area contributed by atoms with Gasteiger partial charge in [-0.15, -0.1) is 0 Å². The number of benzene rings is 1. The van der Waals surface area contributed by atoms with E-state index >= 15 is 0 Å². The lowest BCUT2D eigenvalue weighted by Gasteiger charge is -2.44. The van der Waals surface area contributed by atoms with Crippen LogP contribution in [0.5, 0.6) is 5.75 Å². The van der Waals surface area contributed by atoms with Gasteiger partial charge in [0.15, 0.2) is 5.60 Å². The molecule has 1 saturated heterocycles. The van der Waals surface area contributed by atoms with Crippen LogP contribution in [-0.4, -0.2) is 64.4 Å². The molecule has 0 N–H and O–H groups in total. The van der Waals surface area contributed by atoms with Gasteiger partial charge < -0.3 is 14.5 Å². The highest BCUT2D eigenvalue weighted by molar-refractivity contribution is 5.92. The van der Waals surface area contributed by atoms with E-state index in [1.165, 1.54) is 4.90 Å². The Balaban J connectivity index is 1.51. The fourth-order valence-corrected chi connectivity index (χ4v) is 5.09. The topological polar surface area (TPSA) is 75.6 Å². The van der Waals surface area contributed by atoms with Gasteiger partial charge in [0.1, 0.15) is 17.3 Å². The molecule has 0 unspecified atom stereocenters. The molecule has 7 nitrogen and oxygen atoms in total. The molecule has 0 radical (unpaired) electrons. The van der Waals surface area contributed by atoms with E-state index in [0.29, 0.717) is 24.6 Å². The van der Waals surface area contributed by atoms with E-state index in [0.717, 1.165) is 56.4 Å². The molecule has 1 aromatic heterocycles. The molecule has 7 heteroatoms. The normalized spacial score (nSPS) is 19.4. The minimum atomic E-state index is -0.779. The van der Waals surface area contributed by atoms with Crippen LogP contribution in [0, 0.1) is 6.92 Å². The summed E-state index contributed by atoms with van der Waals surface area (Å²) in [7, 11) is 3.45. The van der Waals surface area contributed by atoms with E-state index < -0.39 is 5.60 Å². The summed E-state index contributed by atoms with van der Waals surface area (Å²) in [5.41, 5.74) is 0.139. The van der Waals surface area contributed by atoms with Crippen molar-refractivity contribution in [1.29, 1.82) is 0 Å². The standard InChI is InChI=1S/C27H36N4O3/c1-20-19-22(23(32)30(3)4)29-24(28-20)26(2)15-17-31(18-16-26)25(33)27(13-9-6-10-14-27)34-21-11-7-5-8-12-21/h5,7-8,11-12,19H,6,9-10,13-18H2,1-4H3. The Kier molecular flexibility index (Phi) is 6.91. The number of nitrogens with zero attached hydrogens (tertiary/aromatic N) is 4. The average molecular weight is 465 g/mol. The number of carbonyl (C=O) groups is 2. The summed E-state index contributed by atoms with van der Waals surface area (Å²) in [4.78, 5) is 39.2. The van der Waals surface area contributed by atoms with Crippen molar-refractivity contribution in [2.75, 3.05) is 27.2 Å². The molecule has 34 heavy (non-hydrogen) atoms. The van der Waals surface area contributed by atoms with Crippen LogP contribution in [0.1, 0.15) is 73.9 Å². The number of para-hydroxylation sites is 1. The number of amides is 2. The molecule has 182 valence electrons. The molecule has 2 heterocycles. The number of carbonyl (C=O) groups excluding carboxylic acids is 2. The molecule has 0 spiro atoms. The van der Waals surface area contributed by atoms with Gasteiger partial charge in [-0.05, 0) is 63.6 Å². The van der Waals surface area contributed by atoms with Gasteiger partial charge in [0.2, 0.25) is 0 Å². The summed E-state index contributed by atoms with van der Waals surface area (Å²) in [6.45, 7) is 5.30. The van der Waals surface area contributed by atoms with Crippen molar-refractivity contribution in [3.63, 3.8) is 0 Å². The van der Waals surface area contributed by atoms with E-state index in [9.17, 15) is 9.59 Å². The summed E-state index contributed by atoms with van der Waals surface area (Å²) in [6.07, 6.45) is 6.16. The molecule has 1 aromatic carbocycles. The fourth-order valence-electron chi connectivity index (χ4n) is 5.09. The maximum absolute atomic E-state index is 13.8.